The first-order valence-corrected chi connectivity index (χ1v) is 7.99. The normalized spacial score (nSPS) is 20.3. The molecule has 0 spiro atoms. The quantitative estimate of drug-likeness (QED) is 0.822. The molecule has 5 nitrogen and oxygen atoms in total. The molecule has 1 aliphatic rings. The summed E-state index contributed by atoms with van der Waals surface area (Å²) in [5.41, 5.74) is 0.997. The minimum absolute atomic E-state index is 0.00157. The number of sulfonamides is 1. The molecule has 104 valence electrons. The predicted octanol–water partition coefficient (Wildman–Crippen LogP) is 0.851. The lowest BCUT2D eigenvalue weighted by Gasteiger charge is -2.22. The number of hydrogen-bond acceptors (Lipinski definition) is 3. The smallest absolute Gasteiger partial charge is 0.231 e. The Hall–Kier alpha value is -1.40. The van der Waals surface area contributed by atoms with E-state index in [-0.39, 0.29) is 18.5 Å². The molecule has 0 bridgehead atoms. The Morgan fingerprint density at radius 3 is 2.53 bits per heavy atom. The molecule has 0 aromatic heterocycles. The summed E-state index contributed by atoms with van der Waals surface area (Å²) in [4.78, 5) is 13.9. The molecule has 1 fully saturated rings. The fraction of sp³-hybridized carbons (Fsp3) is 0.462. The second-order valence-corrected chi connectivity index (χ2v) is 6.95. The maximum Gasteiger partial charge on any atom is 0.231 e. The summed E-state index contributed by atoms with van der Waals surface area (Å²) >= 11 is 0. The third-order valence-corrected chi connectivity index (χ3v) is 4.68. The van der Waals surface area contributed by atoms with E-state index in [9.17, 15) is 13.2 Å². The van der Waals surface area contributed by atoms with Crippen molar-refractivity contribution in [1.82, 2.24) is 9.21 Å². The van der Waals surface area contributed by atoms with Gasteiger partial charge in [-0.2, -0.15) is 4.31 Å². The third kappa shape index (κ3) is 3.13. The van der Waals surface area contributed by atoms with Crippen LogP contribution in [-0.4, -0.2) is 50.0 Å². The zero-order valence-electron chi connectivity index (χ0n) is 11.1. The molecule has 0 saturated carbocycles. The molecule has 1 saturated heterocycles. The van der Waals surface area contributed by atoms with Gasteiger partial charge in [0.25, 0.3) is 0 Å². The van der Waals surface area contributed by atoms with Crippen LogP contribution in [0.2, 0.25) is 0 Å². The summed E-state index contributed by atoms with van der Waals surface area (Å²) in [6.07, 6.45) is 1.88. The zero-order chi connectivity index (χ0) is 14.0. The molecule has 0 radical (unpaired) electrons. The standard InChI is InChI=1S/C13H18N2O3S/c1-14(19(2,17)18)10-15-9-8-12(13(15)16)11-6-4-3-5-7-11/h3-7,12H,8-10H2,1-2H3/t12-/m0/s1. The van der Waals surface area contributed by atoms with Crippen molar-refractivity contribution in [3.05, 3.63) is 35.9 Å². The van der Waals surface area contributed by atoms with Crippen molar-refractivity contribution < 1.29 is 13.2 Å². The number of carbonyl (C=O) groups is 1. The van der Waals surface area contributed by atoms with Gasteiger partial charge in [-0.05, 0) is 12.0 Å². The number of nitrogens with zero attached hydrogens (tertiary/aromatic N) is 2. The molecule has 0 aliphatic carbocycles. The second-order valence-electron chi connectivity index (χ2n) is 4.86. The van der Waals surface area contributed by atoms with Crippen molar-refractivity contribution in [3.63, 3.8) is 0 Å². The fourth-order valence-electron chi connectivity index (χ4n) is 2.22. The summed E-state index contributed by atoms with van der Waals surface area (Å²) in [6, 6.07) is 9.61. The first-order valence-electron chi connectivity index (χ1n) is 6.14. The minimum Gasteiger partial charge on any atom is -0.328 e. The number of carbonyl (C=O) groups excluding carboxylic acids is 1. The molecule has 1 atom stereocenters. The van der Waals surface area contributed by atoms with Gasteiger partial charge in [-0.1, -0.05) is 30.3 Å². The van der Waals surface area contributed by atoms with Gasteiger partial charge in [0.2, 0.25) is 15.9 Å². The van der Waals surface area contributed by atoms with Crippen LogP contribution >= 0.6 is 0 Å². The lowest BCUT2D eigenvalue weighted by molar-refractivity contribution is -0.129. The van der Waals surface area contributed by atoms with Gasteiger partial charge in [0.1, 0.15) is 0 Å². The van der Waals surface area contributed by atoms with E-state index in [2.05, 4.69) is 0 Å². The van der Waals surface area contributed by atoms with E-state index in [0.29, 0.717) is 6.54 Å². The van der Waals surface area contributed by atoms with Gasteiger partial charge < -0.3 is 4.90 Å². The molecular weight excluding hydrogens is 264 g/mol. The minimum atomic E-state index is -3.26. The highest BCUT2D eigenvalue weighted by Crippen LogP contribution is 2.28. The molecule has 19 heavy (non-hydrogen) atoms. The Labute approximate surface area is 113 Å². The summed E-state index contributed by atoms with van der Waals surface area (Å²) in [6.45, 7) is 0.721. The monoisotopic (exact) mass is 282 g/mol. The van der Waals surface area contributed by atoms with Crippen molar-refractivity contribution in [3.8, 4) is 0 Å². The van der Waals surface area contributed by atoms with Crippen molar-refractivity contribution >= 4 is 15.9 Å². The topological polar surface area (TPSA) is 57.7 Å². The van der Waals surface area contributed by atoms with Crippen LogP contribution < -0.4 is 0 Å². The first kappa shape index (κ1) is 14.0. The highest BCUT2D eigenvalue weighted by Gasteiger charge is 2.33. The highest BCUT2D eigenvalue weighted by molar-refractivity contribution is 7.88. The van der Waals surface area contributed by atoms with Crippen molar-refractivity contribution in [2.75, 3.05) is 26.5 Å². The van der Waals surface area contributed by atoms with E-state index >= 15 is 0 Å². The van der Waals surface area contributed by atoms with Gasteiger partial charge in [-0.15, -0.1) is 0 Å². The molecule has 1 heterocycles. The lowest BCUT2D eigenvalue weighted by atomic mass is 9.98. The Bertz CT molecular complexity index is 557. The molecule has 0 N–H and O–H groups in total. The van der Waals surface area contributed by atoms with E-state index < -0.39 is 10.0 Å². The van der Waals surface area contributed by atoms with E-state index in [1.54, 1.807) is 4.90 Å². The van der Waals surface area contributed by atoms with Crippen LogP contribution in [0, 0.1) is 0 Å². The fourth-order valence-corrected chi connectivity index (χ4v) is 2.57. The molecule has 1 aliphatic heterocycles. The van der Waals surface area contributed by atoms with Gasteiger partial charge in [-0.25, -0.2) is 8.42 Å². The third-order valence-electron chi connectivity index (χ3n) is 3.44. The number of rotatable bonds is 4. The lowest BCUT2D eigenvalue weighted by Crippen LogP contribution is -2.39. The SMILES string of the molecule is CN(CN1CC[C@@H](c2ccccc2)C1=O)S(C)(=O)=O. The first-order chi connectivity index (χ1) is 8.89. The van der Waals surface area contributed by atoms with Crippen LogP contribution in [0.3, 0.4) is 0 Å². The number of amides is 1. The average molecular weight is 282 g/mol. The highest BCUT2D eigenvalue weighted by atomic mass is 32.2. The summed E-state index contributed by atoms with van der Waals surface area (Å²) < 4.78 is 23.9. The van der Waals surface area contributed by atoms with Gasteiger partial charge in [0, 0.05) is 13.6 Å². The van der Waals surface area contributed by atoms with Gasteiger partial charge in [0.05, 0.1) is 18.8 Å². The van der Waals surface area contributed by atoms with Crippen LogP contribution in [0.15, 0.2) is 30.3 Å². The van der Waals surface area contributed by atoms with Gasteiger partial charge >= 0.3 is 0 Å². The van der Waals surface area contributed by atoms with Crippen molar-refractivity contribution in [2.24, 2.45) is 0 Å². The summed E-state index contributed by atoms with van der Waals surface area (Å²) in [5, 5.41) is 0. The van der Waals surface area contributed by atoms with Gasteiger partial charge in [-0.3, -0.25) is 4.79 Å². The maximum absolute atomic E-state index is 12.3. The predicted molar refractivity (Wildman–Crippen MR) is 73.0 cm³/mol. The number of hydrogen-bond donors (Lipinski definition) is 0. The maximum atomic E-state index is 12.3. The van der Waals surface area contributed by atoms with E-state index in [0.717, 1.165) is 18.2 Å². The molecular formula is C13H18N2O3S. The summed E-state index contributed by atoms with van der Waals surface area (Å²) in [7, 11) is -1.77. The molecule has 6 heteroatoms. The second kappa shape index (κ2) is 5.30. The zero-order valence-corrected chi connectivity index (χ0v) is 11.9. The molecule has 1 aromatic rings. The Kier molecular flexibility index (Phi) is 3.91. The number of likely N-dealkylation sites (tertiary alicyclic amines) is 1. The van der Waals surface area contributed by atoms with Crippen LogP contribution in [0.25, 0.3) is 0 Å². The van der Waals surface area contributed by atoms with Crippen molar-refractivity contribution in [2.45, 2.75) is 12.3 Å². The Morgan fingerprint density at radius 2 is 1.95 bits per heavy atom. The van der Waals surface area contributed by atoms with Crippen LogP contribution in [-0.2, 0) is 14.8 Å². The Balaban J connectivity index is 2.07. The number of benzene rings is 1. The largest absolute Gasteiger partial charge is 0.328 e. The Morgan fingerprint density at radius 1 is 1.32 bits per heavy atom. The molecule has 1 amide bonds. The summed E-state index contributed by atoms with van der Waals surface area (Å²) in [5.74, 6) is -0.143. The molecule has 2 rings (SSSR count). The van der Waals surface area contributed by atoms with Crippen LogP contribution in [0.1, 0.15) is 17.9 Å². The van der Waals surface area contributed by atoms with Crippen LogP contribution in [0.4, 0.5) is 0 Å². The van der Waals surface area contributed by atoms with E-state index in [4.69, 9.17) is 0 Å². The average Bonchev–Trinajstić information content (AvgIpc) is 2.71. The van der Waals surface area contributed by atoms with E-state index in [1.807, 2.05) is 30.3 Å². The van der Waals surface area contributed by atoms with E-state index in [1.165, 1.54) is 11.4 Å². The van der Waals surface area contributed by atoms with Crippen LogP contribution in [0.5, 0.6) is 0 Å². The molecule has 0 unspecified atom stereocenters. The van der Waals surface area contributed by atoms with Gasteiger partial charge in [0.15, 0.2) is 0 Å². The van der Waals surface area contributed by atoms with Crippen molar-refractivity contribution in [1.29, 1.82) is 0 Å². The molecule has 1 aromatic carbocycles.